The first-order valence-corrected chi connectivity index (χ1v) is 6.08. The van der Waals surface area contributed by atoms with Gasteiger partial charge in [-0.15, -0.1) is 0 Å². The van der Waals surface area contributed by atoms with Gasteiger partial charge in [-0.2, -0.15) is 0 Å². The SMILES string of the molecule is COCCNCC(C)N(C)C(C)C1CC1. The molecule has 90 valence electrons. The zero-order valence-corrected chi connectivity index (χ0v) is 10.6. The third-order valence-corrected chi connectivity index (χ3v) is 3.56. The Kier molecular flexibility index (Phi) is 5.58. The lowest BCUT2D eigenvalue weighted by Gasteiger charge is -2.31. The van der Waals surface area contributed by atoms with Crippen molar-refractivity contribution in [3.05, 3.63) is 0 Å². The van der Waals surface area contributed by atoms with Crippen molar-refractivity contribution in [2.24, 2.45) is 5.92 Å². The van der Waals surface area contributed by atoms with Crippen LogP contribution in [0.4, 0.5) is 0 Å². The van der Waals surface area contributed by atoms with Gasteiger partial charge in [0.1, 0.15) is 0 Å². The maximum Gasteiger partial charge on any atom is 0.0587 e. The molecule has 1 fully saturated rings. The van der Waals surface area contributed by atoms with E-state index in [1.807, 2.05) is 0 Å². The third kappa shape index (κ3) is 4.49. The molecule has 1 N–H and O–H groups in total. The van der Waals surface area contributed by atoms with E-state index < -0.39 is 0 Å². The molecule has 1 aliphatic carbocycles. The summed E-state index contributed by atoms with van der Waals surface area (Å²) in [5.74, 6) is 0.955. The maximum atomic E-state index is 5.00. The highest BCUT2D eigenvalue weighted by molar-refractivity contribution is 4.86. The van der Waals surface area contributed by atoms with E-state index >= 15 is 0 Å². The molecular weight excluding hydrogens is 188 g/mol. The van der Waals surface area contributed by atoms with Crippen molar-refractivity contribution in [2.75, 3.05) is 33.9 Å². The van der Waals surface area contributed by atoms with Gasteiger partial charge in [-0.25, -0.2) is 0 Å². The molecule has 15 heavy (non-hydrogen) atoms. The zero-order valence-electron chi connectivity index (χ0n) is 10.6. The Morgan fingerprint density at radius 3 is 2.60 bits per heavy atom. The minimum absolute atomic E-state index is 0.609. The molecule has 1 rings (SSSR count). The molecule has 0 aliphatic heterocycles. The Balaban J connectivity index is 2.11. The van der Waals surface area contributed by atoms with Crippen molar-refractivity contribution in [3.63, 3.8) is 0 Å². The molecule has 0 aromatic heterocycles. The Hall–Kier alpha value is -0.120. The van der Waals surface area contributed by atoms with Crippen LogP contribution in [0, 0.1) is 5.92 Å². The van der Waals surface area contributed by atoms with Crippen molar-refractivity contribution in [2.45, 2.75) is 38.8 Å². The molecule has 1 saturated carbocycles. The molecule has 3 nitrogen and oxygen atoms in total. The average molecular weight is 214 g/mol. The molecular formula is C12H26N2O. The van der Waals surface area contributed by atoms with Crippen LogP contribution in [0.1, 0.15) is 26.7 Å². The second-order valence-corrected chi connectivity index (χ2v) is 4.79. The number of ether oxygens (including phenoxy) is 1. The molecule has 0 bridgehead atoms. The highest BCUT2D eigenvalue weighted by Crippen LogP contribution is 2.35. The molecule has 0 aromatic carbocycles. The minimum Gasteiger partial charge on any atom is -0.383 e. The Morgan fingerprint density at radius 2 is 2.07 bits per heavy atom. The van der Waals surface area contributed by atoms with E-state index in [0.29, 0.717) is 6.04 Å². The maximum absolute atomic E-state index is 5.00. The fraction of sp³-hybridized carbons (Fsp3) is 1.00. The van der Waals surface area contributed by atoms with E-state index in [1.54, 1.807) is 7.11 Å². The van der Waals surface area contributed by atoms with E-state index in [-0.39, 0.29) is 0 Å². The lowest BCUT2D eigenvalue weighted by Crippen LogP contribution is -2.44. The summed E-state index contributed by atoms with van der Waals surface area (Å²) in [6.45, 7) is 7.44. The van der Waals surface area contributed by atoms with E-state index in [4.69, 9.17) is 4.74 Å². The number of hydrogen-bond acceptors (Lipinski definition) is 3. The van der Waals surface area contributed by atoms with Gasteiger partial charge in [-0.05, 0) is 39.7 Å². The molecule has 1 aliphatic rings. The van der Waals surface area contributed by atoms with E-state index in [0.717, 1.165) is 31.7 Å². The van der Waals surface area contributed by atoms with Gasteiger partial charge in [0.25, 0.3) is 0 Å². The van der Waals surface area contributed by atoms with Crippen LogP contribution >= 0.6 is 0 Å². The predicted molar refractivity (Wildman–Crippen MR) is 64.2 cm³/mol. The van der Waals surface area contributed by atoms with Gasteiger partial charge in [0, 0.05) is 32.3 Å². The van der Waals surface area contributed by atoms with Crippen molar-refractivity contribution in [3.8, 4) is 0 Å². The topological polar surface area (TPSA) is 24.5 Å². The van der Waals surface area contributed by atoms with Crippen LogP contribution in [0.2, 0.25) is 0 Å². The van der Waals surface area contributed by atoms with Gasteiger partial charge in [0.15, 0.2) is 0 Å². The van der Waals surface area contributed by atoms with E-state index in [2.05, 4.69) is 31.1 Å². The fourth-order valence-corrected chi connectivity index (χ4v) is 1.94. The standard InChI is InChI=1S/C12H26N2O/c1-10(9-13-7-8-15-4)14(3)11(2)12-5-6-12/h10-13H,5-9H2,1-4H3. The first-order valence-electron chi connectivity index (χ1n) is 6.08. The monoisotopic (exact) mass is 214 g/mol. The van der Waals surface area contributed by atoms with Crippen LogP contribution in [0.25, 0.3) is 0 Å². The first kappa shape index (κ1) is 12.9. The van der Waals surface area contributed by atoms with Crippen molar-refractivity contribution >= 4 is 0 Å². The zero-order chi connectivity index (χ0) is 11.3. The smallest absolute Gasteiger partial charge is 0.0587 e. The van der Waals surface area contributed by atoms with Crippen molar-refractivity contribution in [1.82, 2.24) is 10.2 Å². The van der Waals surface area contributed by atoms with Crippen LogP contribution in [0.5, 0.6) is 0 Å². The summed E-state index contributed by atoms with van der Waals surface area (Å²) in [6, 6.07) is 1.35. The number of nitrogens with one attached hydrogen (secondary N) is 1. The third-order valence-electron chi connectivity index (χ3n) is 3.56. The second kappa shape index (κ2) is 6.46. The summed E-state index contributed by atoms with van der Waals surface area (Å²) in [5.41, 5.74) is 0. The van der Waals surface area contributed by atoms with Gasteiger partial charge in [-0.3, -0.25) is 4.90 Å². The molecule has 2 unspecified atom stereocenters. The van der Waals surface area contributed by atoms with Crippen molar-refractivity contribution < 1.29 is 4.74 Å². The van der Waals surface area contributed by atoms with E-state index in [1.165, 1.54) is 12.8 Å². The van der Waals surface area contributed by atoms with Crippen LogP contribution < -0.4 is 5.32 Å². The predicted octanol–water partition coefficient (Wildman–Crippen LogP) is 1.34. The summed E-state index contributed by atoms with van der Waals surface area (Å²) in [4.78, 5) is 2.50. The van der Waals surface area contributed by atoms with Crippen LogP contribution in [-0.4, -0.2) is 50.8 Å². The average Bonchev–Trinajstić information content (AvgIpc) is 3.05. The highest BCUT2D eigenvalue weighted by Gasteiger charge is 2.31. The summed E-state index contributed by atoms with van der Waals surface area (Å²) in [6.07, 6.45) is 2.85. The van der Waals surface area contributed by atoms with Gasteiger partial charge < -0.3 is 10.1 Å². The number of rotatable bonds is 8. The lowest BCUT2D eigenvalue weighted by molar-refractivity contribution is 0.165. The van der Waals surface area contributed by atoms with Crippen LogP contribution in [-0.2, 0) is 4.74 Å². The van der Waals surface area contributed by atoms with Gasteiger partial charge in [0.05, 0.1) is 6.61 Å². The molecule has 0 aromatic rings. The van der Waals surface area contributed by atoms with Crippen LogP contribution in [0.3, 0.4) is 0 Å². The minimum atomic E-state index is 0.609. The normalized spacial score (nSPS) is 20.6. The number of likely N-dealkylation sites (N-methyl/N-ethyl adjacent to an activating group) is 1. The summed E-state index contributed by atoms with van der Waals surface area (Å²) >= 11 is 0. The van der Waals surface area contributed by atoms with E-state index in [9.17, 15) is 0 Å². The summed E-state index contributed by atoms with van der Waals surface area (Å²) < 4.78 is 5.00. The van der Waals surface area contributed by atoms with Gasteiger partial charge >= 0.3 is 0 Å². The quantitative estimate of drug-likeness (QED) is 0.617. The molecule has 0 amide bonds. The molecule has 0 saturated heterocycles. The fourth-order valence-electron chi connectivity index (χ4n) is 1.94. The Morgan fingerprint density at radius 1 is 1.40 bits per heavy atom. The number of nitrogens with zero attached hydrogens (tertiary/aromatic N) is 1. The lowest BCUT2D eigenvalue weighted by atomic mass is 10.1. The van der Waals surface area contributed by atoms with Crippen LogP contribution in [0.15, 0.2) is 0 Å². The number of methoxy groups -OCH3 is 1. The second-order valence-electron chi connectivity index (χ2n) is 4.79. The first-order chi connectivity index (χ1) is 7.16. The Bertz CT molecular complexity index is 171. The Labute approximate surface area is 94.2 Å². The summed E-state index contributed by atoms with van der Waals surface area (Å²) in [5, 5.41) is 3.41. The number of hydrogen-bond donors (Lipinski definition) is 1. The summed E-state index contributed by atoms with van der Waals surface area (Å²) in [7, 11) is 3.98. The molecule has 0 radical (unpaired) electrons. The molecule has 0 heterocycles. The van der Waals surface area contributed by atoms with Gasteiger partial charge in [0.2, 0.25) is 0 Å². The molecule has 3 heteroatoms. The van der Waals surface area contributed by atoms with Crippen molar-refractivity contribution in [1.29, 1.82) is 0 Å². The molecule has 2 atom stereocenters. The highest BCUT2D eigenvalue weighted by atomic mass is 16.5. The molecule has 0 spiro atoms. The largest absolute Gasteiger partial charge is 0.383 e. The van der Waals surface area contributed by atoms with Gasteiger partial charge in [-0.1, -0.05) is 0 Å².